The van der Waals surface area contributed by atoms with Gasteiger partial charge in [-0.05, 0) is 26.7 Å². The maximum absolute atomic E-state index is 11.8. The summed E-state index contributed by atoms with van der Waals surface area (Å²) in [5.41, 5.74) is 0.476. The fourth-order valence-corrected chi connectivity index (χ4v) is 3.48. The van der Waals surface area contributed by atoms with Crippen molar-refractivity contribution in [2.45, 2.75) is 52.0 Å². The Bertz CT molecular complexity index is 439. The molecule has 4 nitrogen and oxygen atoms in total. The van der Waals surface area contributed by atoms with Crippen LogP contribution in [0.4, 0.5) is 5.13 Å². The van der Waals surface area contributed by atoms with Gasteiger partial charge in [0.1, 0.15) is 0 Å². The van der Waals surface area contributed by atoms with Crippen LogP contribution in [0.15, 0.2) is 0 Å². The van der Waals surface area contributed by atoms with Crippen molar-refractivity contribution in [3.8, 4) is 0 Å². The number of hydrogen-bond acceptors (Lipinski definition) is 5. The summed E-state index contributed by atoms with van der Waals surface area (Å²) in [5.74, 6) is -0.306. The minimum absolute atomic E-state index is 0.306. The van der Waals surface area contributed by atoms with Gasteiger partial charge in [-0.2, -0.15) is 0 Å². The molecule has 0 amide bonds. The van der Waals surface area contributed by atoms with Crippen LogP contribution in [0.3, 0.4) is 0 Å². The first-order chi connectivity index (χ1) is 9.13. The highest BCUT2D eigenvalue weighted by molar-refractivity contribution is 7.15. The molecule has 1 aliphatic carbocycles. The zero-order valence-corrected chi connectivity index (χ0v) is 12.8. The van der Waals surface area contributed by atoms with Gasteiger partial charge in [-0.3, -0.25) is 0 Å². The van der Waals surface area contributed by atoms with Crippen molar-refractivity contribution in [3.05, 3.63) is 10.6 Å². The number of hydrogen-bond donors (Lipinski definition) is 0. The highest BCUT2D eigenvalue weighted by Crippen LogP contribution is 2.30. The van der Waals surface area contributed by atoms with Crippen LogP contribution in [0.2, 0.25) is 0 Å². The van der Waals surface area contributed by atoms with Crippen molar-refractivity contribution >= 4 is 22.4 Å². The lowest BCUT2D eigenvalue weighted by atomic mass is 9.95. The van der Waals surface area contributed by atoms with E-state index in [0.29, 0.717) is 18.3 Å². The fourth-order valence-electron chi connectivity index (χ4n) is 2.55. The summed E-state index contributed by atoms with van der Waals surface area (Å²) in [6.07, 6.45) is 6.39. The topological polar surface area (TPSA) is 42.4 Å². The van der Waals surface area contributed by atoms with Crippen LogP contribution in [0.5, 0.6) is 0 Å². The zero-order chi connectivity index (χ0) is 13.8. The summed E-state index contributed by atoms with van der Waals surface area (Å²) in [7, 11) is 2.09. The van der Waals surface area contributed by atoms with E-state index in [9.17, 15) is 4.79 Å². The van der Waals surface area contributed by atoms with E-state index < -0.39 is 0 Å². The first-order valence-electron chi connectivity index (χ1n) is 7.01. The van der Waals surface area contributed by atoms with Crippen molar-refractivity contribution < 1.29 is 9.53 Å². The van der Waals surface area contributed by atoms with Gasteiger partial charge in [0.05, 0.1) is 6.61 Å². The van der Waals surface area contributed by atoms with Gasteiger partial charge in [-0.25, -0.2) is 9.78 Å². The van der Waals surface area contributed by atoms with Crippen LogP contribution in [0.25, 0.3) is 0 Å². The molecule has 0 bridgehead atoms. The quantitative estimate of drug-likeness (QED) is 0.794. The molecule has 106 valence electrons. The van der Waals surface area contributed by atoms with Gasteiger partial charge in [-0.1, -0.05) is 19.3 Å². The Kier molecular flexibility index (Phi) is 4.80. The Labute approximate surface area is 118 Å². The predicted octanol–water partition coefficient (Wildman–Crippen LogP) is 3.40. The van der Waals surface area contributed by atoms with Crippen molar-refractivity contribution in [1.29, 1.82) is 0 Å². The Hall–Kier alpha value is -1.10. The fraction of sp³-hybridized carbons (Fsp3) is 0.714. The molecule has 1 saturated carbocycles. The van der Waals surface area contributed by atoms with Gasteiger partial charge >= 0.3 is 5.97 Å². The number of rotatable bonds is 4. The molecule has 1 heterocycles. The maximum Gasteiger partial charge on any atom is 0.358 e. The van der Waals surface area contributed by atoms with E-state index in [4.69, 9.17) is 4.74 Å². The molecule has 1 fully saturated rings. The summed E-state index contributed by atoms with van der Waals surface area (Å²) < 4.78 is 5.03. The van der Waals surface area contributed by atoms with Gasteiger partial charge < -0.3 is 9.64 Å². The van der Waals surface area contributed by atoms with Crippen LogP contribution in [0.1, 0.15) is 54.4 Å². The molecule has 1 aromatic rings. The van der Waals surface area contributed by atoms with Crippen LogP contribution in [0, 0.1) is 6.92 Å². The smallest absolute Gasteiger partial charge is 0.358 e. The van der Waals surface area contributed by atoms with Crippen molar-refractivity contribution in [1.82, 2.24) is 4.98 Å². The first-order valence-corrected chi connectivity index (χ1v) is 7.82. The van der Waals surface area contributed by atoms with Gasteiger partial charge in [-0.15, -0.1) is 11.3 Å². The highest BCUT2D eigenvalue weighted by Gasteiger charge is 2.23. The lowest BCUT2D eigenvalue weighted by Crippen LogP contribution is -2.33. The molecule has 0 spiro atoms. The van der Waals surface area contributed by atoms with Crippen LogP contribution >= 0.6 is 11.3 Å². The van der Waals surface area contributed by atoms with E-state index in [1.165, 1.54) is 32.1 Å². The molecule has 5 heteroatoms. The lowest BCUT2D eigenvalue weighted by molar-refractivity contribution is 0.0519. The normalized spacial score (nSPS) is 16.4. The third kappa shape index (κ3) is 3.26. The number of anilines is 1. The van der Waals surface area contributed by atoms with Gasteiger partial charge in [0.15, 0.2) is 10.8 Å². The van der Waals surface area contributed by atoms with E-state index in [0.717, 1.165) is 10.0 Å². The molecule has 1 aromatic heterocycles. The Morgan fingerprint density at radius 2 is 2.11 bits per heavy atom. The van der Waals surface area contributed by atoms with E-state index in [1.807, 2.05) is 13.8 Å². The molecule has 19 heavy (non-hydrogen) atoms. The average Bonchev–Trinajstić information content (AvgIpc) is 2.81. The third-order valence-electron chi connectivity index (χ3n) is 3.68. The number of esters is 1. The largest absolute Gasteiger partial charge is 0.461 e. The Morgan fingerprint density at radius 3 is 2.74 bits per heavy atom. The molecular weight excluding hydrogens is 260 g/mol. The molecule has 0 radical (unpaired) electrons. The number of nitrogens with zero attached hydrogens (tertiary/aromatic N) is 2. The van der Waals surface area contributed by atoms with Crippen molar-refractivity contribution in [2.75, 3.05) is 18.6 Å². The monoisotopic (exact) mass is 282 g/mol. The molecule has 0 saturated heterocycles. The van der Waals surface area contributed by atoms with E-state index in [2.05, 4.69) is 16.9 Å². The highest BCUT2D eigenvalue weighted by atomic mass is 32.1. The summed E-state index contributed by atoms with van der Waals surface area (Å²) in [5, 5.41) is 0.937. The van der Waals surface area contributed by atoms with E-state index >= 15 is 0 Å². The molecular formula is C14H22N2O2S. The second-order valence-electron chi connectivity index (χ2n) is 5.02. The minimum atomic E-state index is -0.306. The first kappa shape index (κ1) is 14.3. The summed E-state index contributed by atoms with van der Waals surface area (Å²) in [6.45, 7) is 4.14. The second-order valence-corrected chi connectivity index (χ2v) is 6.21. The van der Waals surface area contributed by atoms with E-state index in [-0.39, 0.29) is 5.97 Å². The second kappa shape index (κ2) is 6.37. The Morgan fingerprint density at radius 1 is 1.42 bits per heavy atom. The molecule has 0 aliphatic heterocycles. The molecule has 1 aliphatic rings. The standard InChI is InChI=1S/C14H22N2O2S/c1-4-18-13(17)12-10(2)19-14(15-12)16(3)11-8-6-5-7-9-11/h11H,4-9H2,1-3H3. The summed E-state index contributed by atoms with van der Waals surface area (Å²) in [6, 6.07) is 0.564. The molecule has 0 N–H and O–H groups in total. The van der Waals surface area contributed by atoms with Gasteiger partial charge in [0.2, 0.25) is 0 Å². The Balaban J connectivity index is 2.12. The predicted molar refractivity (Wildman–Crippen MR) is 78.1 cm³/mol. The number of thiazole rings is 1. The minimum Gasteiger partial charge on any atom is -0.461 e. The SMILES string of the molecule is CCOC(=O)c1nc(N(C)C2CCCCC2)sc1C. The summed E-state index contributed by atoms with van der Waals surface area (Å²) in [4.78, 5) is 19.4. The van der Waals surface area contributed by atoms with Crippen molar-refractivity contribution in [2.24, 2.45) is 0 Å². The van der Waals surface area contributed by atoms with E-state index in [1.54, 1.807) is 11.3 Å². The molecule has 0 aromatic carbocycles. The van der Waals surface area contributed by atoms with Gasteiger partial charge in [0.25, 0.3) is 0 Å². The molecule has 2 rings (SSSR count). The number of ether oxygens (including phenoxy) is 1. The lowest BCUT2D eigenvalue weighted by Gasteiger charge is -2.30. The number of carbonyl (C=O) groups excluding carboxylic acids is 1. The average molecular weight is 282 g/mol. The summed E-state index contributed by atoms with van der Waals surface area (Å²) >= 11 is 1.58. The van der Waals surface area contributed by atoms with Crippen LogP contribution in [-0.4, -0.2) is 30.6 Å². The van der Waals surface area contributed by atoms with Gasteiger partial charge in [0, 0.05) is 18.0 Å². The number of aromatic nitrogens is 1. The number of carbonyl (C=O) groups is 1. The third-order valence-corrected chi connectivity index (χ3v) is 4.74. The number of aryl methyl sites for hydroxylation is 1. The van der Waals surface area contributed by atoms with Crippen molar-refractivity contribution in [3.63, 3.8) is 0 Å². The van der Waals surface area contributed by atoms with Crippen LogP contribution in [-0.2, 0) is 4.74 Å². The molecule has 0 unspecified atom stereocenters. The molecule has 0 atom stereocenters. The maximum atomic E-state index is 11.8. The van der Waals surface area contributed by atoms with Crippen LogP contribution < -0.4 is 4.90 Å². The zero-order valence-electron chi connectivity index (χ0n) is 11.9.